The molecule has 0 heterocycles. The van der Waals surface area contributed by atoms with Gasteiger partial charge >= 0.3 is 0 Å². The topological polar surface area (TPSA) is 12.0 Å². The first-order chi connectivity index (χ1) is 8.33. The lowest BCUT2D eigenvalue weighted by molar-refractivity contribution is 0.811. The van der Waals surface area contributed by atoms with Gasteiger partial charge < -0.3 is 5.32 Å². The van der Waals surface area contributed by atoms with E-state index in [0.717, 1.165) is 27.9 Å². The number of rotatable bonds is 2. The fraction of sp³-hybridized carbons (Fsp3) is 0.200. The molecule has 0 atom stereocenters. The van der Waals surface area contributed by atoms with E-state index in [0.29, 0.717) is 6.54 Å². The van der Waals surface area contributed by atoms with Crippen LogP contribution in [-0.2, 0) is 0 Å². The fourth-order valence-corrected chi connectivity index (χ4v) is 1.93. The van der Waals surface area contributed by atoms with Gasteiger partial charge in [-0.2, -0.15) is 0 Å². The van der Waals surface area contributed by atoms with Gasteiger partial charge in [0.25, 0.3) is 0 Å². The first kappa shape index (κ1) is 12.0. The van der Waals surface area contributed by atoms with Gasteiger partial charge in [-0.1, -0.05) is 54.6 Å². The molecule has 0 aliphatic rings. The summed E-state index contributed by atoms with van der Waals surface area (Å²) in [4.78, 5) is 0. The van der Waals surface area contributed by atoms with Crippen LogP contribution in [0.4, 0.5) is 0 Å². The van der Waals surface area contributed by atoms with Crippen molar-refractivity contribution in [3.05, 3.63) is 47.0 Å². The smallest absolute Gasteiger partial charge is 0.0580 e. The molecule has 2 rings (SSSR count). The molecule has 2 heteroatoms. The van der Waals surface area contributed by atoms with Crippen molar-refractivity contribution < 1.29 is 0 Å². The second kappa shape index (κ2) is 5.72. The molecule has 0 bridgehead atoms. The Balaban J connectivity index is 2.40. The minimum atomic E-state index is 0.716. The third-order valence-electron chi connectivity index (χ3n) is 2.56. The van der Waals surface area contributed by atoms with Gasteiger partial charge in [0.05, 0.1) is 6.54 Å². The van der Waals surface area contributed by atoms with E-state index in [-0.39, 0.29) is 0 Å². The van der Waals surface area contributed by atoms with E-state index in [4.69, 9.17) is 11.6 Å². The molecule has 0 spiro atoms. The SMILES string of the molecule is CCNCC#Cc1ccc(Cl)c2ccccc12. The van der Waals surface area contributed by atoms with Crippen LogP contribution in [-0.4, -0.2) is 13.1 Å². The monoisotopic (exact) mass is 243 g/mol. The first-order valence-corrected chi connectivity index (χ1v) is 6.07. The lowest BCUT2D eigenvalue weighted by Gasteiger charge is -2.02. The van der Waals surface area contributed by atoms with Crippen molar-refractivity contribution in [3.8, 4) is 11.8 Å². The first-order valence-electron chi connectivity index (χ1n) is 5.69. The zero-order valence-electron chi connectivity index (χ0n) is 9.76. The van der Waals surface area contributed by atoms with Crippen LogP contribution in [0.25, 0.3) is 10.8 Å². The molecular weight excluding hydrogens is 230 g/mol. The largest absolute Gasteiger partial charge is 0.306 e. The molecule has 0 fully saturated rings. The van der Waals surface area contributed by atoms with Crippen molar-refractivity contribution in [2.45, 2.75) is 6.92 Å². The van der Waals surface area contributed by atoms with Crippen molar-refractivity contribution in [3.63, 3.8) is 0 Å². The summed E-state index contributed by atoms with van der Waals surface area (Å²) in [5, 5.41) is 6.13. The van der Waals surface area contributed by atoms with Crippen molar-refractivity contribution in [2.24, 2.45) is 0 Å². The summed E-state index contributed by atoms with van der Waals surface area (Å²) in [5.41, 5.74) is 1.03. The van der Waals surface area contributed by atoms with Gasteiger partial charge in [0.15, 0.2) is 0 Å². The molecule has 0 unspecified atom stereocenters. The minimum Gasteiger partial charge on any atom is -0.306 e. The average molecular weight is 244 g/mol. The Labute approximate surface area is 107 Å². The van der Waals surface area contributed by atoms with Crippen molar-refractivity contribution in [1.29, 1.82) is 0 Å². The molecule has 86 valence electrons. The van der Waals surface area contributed by atoms with Crippen LogP contribution in [0.2, 0.25) is 5.02 Å². The molecule has 0 aliphatic carbocycles. The minimum absolute atomic E-state index is 0.716. The molecule has 2 aromatic carbocycles. The zero-order valence-corrected chi connectivity index (χ0v) is 10.5. The number of halogens is 1. The van der Waals surface area contributed by atoms with E-state index in [1.807, 2.05) is 30.3 Å². The van der Waals surface area contributed by atoms with E-state index in [1.54, 1.807) is 0 Å². The quantitative estimate of drug-likeness (QED) is 0.629. The maximum absolute atomic E-state index is 6.15. The highest BCUT2D eigenvalue weighted by atomic mass is 35.5. The normalized spacial score (nSPS) is 10.0. The highest BCUT2D eigenvalue weighted by Gasteiger charge is 2.01. The Hall–Kier alpha value is -1.49. The molecule has 0 aliphatic heterocycles. The third-order valence-corrected chi connectivity index (χ3v) is 2.89. The Bertz CT molecular complexity index is 578. The second-order valence-corrected chi connectivity index (χ2v) is 4.13. The van der Waals surface area contributed by atoms with E-state index in [2.05, 4.69) is 30.1 Å². The number of hydrogen-bond donors (Lipinski definition) is 1. The molecule has 0 saturated heterocycles. The standard InChI is InChI=1S/C15H14ClN/c1-2-17-11-5-6-12-9-10-15(16)14-8-4-3-7-13(12)14/h3-4,7-10,17H,2,11H2,1H3. The van der Waals surface area contributed by atoms with Gasteiger partial charge in [-0.15, -0.1) is 0 Å². The van der Waals surface area contributed by atoms with Gasteiger partial charge in [0, 0.05) is 16.0 Å². The third kappa shape index (κ3) is 2.79. The summed E-state index contributed by atoms with van der Waals surface area (Å²) < 4.78 is 0. The Morgan fingerprint density at radius 3 is 2.65 bits per heavy atom. The molecule has 1 N–H and O–H groups in total. The summed E-state index contributed by atoms with van der Waals surface area (Å²) in [6, 6.07) is 12.0. The maximum Gasteiger partial charge on any atom is 0.0580 e. The predicted octanol–water partition coefficient (Wildman–Crippen LogP) is 3.45. The van der Waals surface area contributed by atoms with E-state index in [9.17, 15) is 0 Å². The van der Waals surface area contributed by atoms with Crippen LogP contribution in [0, 0.1) is 11.8 Å². The number of nitrogens with one attached hydrogen (secondary N) is 1. The van der Waals surface area contributed by atoms with E-state index < -0.39 is 0 Å². The molecular formula is C15H14ClN. The highest BCUT2D eigenvalue weighted by Crippen LogP contribution is 2.25. The summed E-state index contributed by atoms with van der Waals surface area (Å²) in [5.74, 6) is 6.29. The molecule has 0 amide bonds. The van der Waals surface area contributed by atoms with Crippen molar-refractivity contribution in [2.75, 3.05) is 13.1 Å². The number of hydrogen-bond acceptors (Lipinski definition) is 1. The van der Waals surface area contributed by atoms with Crippen LogP contribution in [0.5, 0.6) is 0 Å². The van der Waals surface area contributed by atoms with Gasteiger partial charge in [-0.3, -0.25) is 0 Å². The maximum atomic E-state index is 6.15. The van der Waals surface area contributed by atoms with Crippen molar-refractivity contribution in [1.82, 2.24) is 5.32 Å². The van der Waals surface area contributed by atoms with E-state index in [1.165, 1.54) is 0 Å². The Kier molecular flexibility index (Phi) is 4.03. The summed E-state index contributed by atoms with van der Waals surface area (Å²) in [7, 11) is 0. The lowest BCUT2D eigenvalue weighted by atomic mass is 10.0. The molecule has 0 saturated carbocycles. The fourth-order valence-electron chi connectivity index (χ4n) is 1.70. The van der Waals surface area contributed by atoms with Crippen LogP contribution in [0.1, 0.15) is 12.5 Å². The molecule has 0 aromatic heterocycles. The van der Waals surface area contributed by atoms with Crippen LogP contribution >= 0.6 is 11.6 Å². The second-order valence-electron chi connectivity index (χ2n) is 3.72. The zero-order chi connectivity index (χ0) is 12.1. The molecule has 2 aromatic rings. The van der Waals surface area contributed by atoms with Gasteiger partial charge in [0.2, 0.25) is 0 Å². The van der Waals surface area contributed by atoms with Gasteiger partial charge in [-0.05, 0) is 24.1 Å². The van der Waals surface area contributed by atoms with Crippen LogP contribution in [0.3, 0.4) is 0 Å². The lowest BCUT2D eigenvalue weighted by Crippen LogP contribution is -2.11. The van der Waals surface area contributed by atoms with Gasteiger partial charge in [0.1, 0.15) is 0 Å². The van der Waals surface area contributed by atoms with Crippen LogP contribution in [0.15, 0.2) is 36.4 Å². The number of benzene rings is 2. The summed E-state index contributed by atoms with van der Waals surface area (Å²) in [6.45, 7) is 3.73. The molecule has 0 radical (unpaired) electrons. The van der Waals surface area contributed by atoms with Crippen LogP contribution < -0.4 is 5.32 Å². The summed E-state index contributed by atoms with van der Waals surface area (Å²) >= 11 is 6.15. The predicted molar refractivity (Wildman–Crippen MR) is 74.4 cm³/mol. The number of fused-ring (bicyclic) bond motifs is 1. The average Bonchev–Trinajstić information content (AvgIpc) is 2.37. The Morgan fingerprint density at radius 1 is 1.12 bits per heavy atom. The van der Waals surface area contributed by atoms with Crippen molar-refractivity contribution >= 4 is 22.4 Å². The Morgan fingerprint density at radius 2 is 1.88 bits per heavy atom. The molecule has 17 heavy (non-hydrogen) atoms. The highest BCUT2D eigenvalue weighted by molar-refractivity contribution is 6.35. The molecule has 1 nitrogen and oxygen atoms in total. The summed E-state index contributed by atoms with van der Waals surface area (Å²) in [6.07, 6.45) is 0. The van der Waals surface area contributed by atoms with E-state index >= 15 is 0 Å². The van der Waals surface area contributed by atoms with Gasteiger partial charge in [-0.25, -0.2) is 0 Å².